The average Bonchev–Trinajstić information content (AvgIpc) is 2.64. The number of aliphatic imine (C=N–C) groups is 1. The zero-order chi connectivity index (χ0) is 20.3. The number of benzene rings is 2. The van der Waals surface area contributed by atoms with Crippen molar-refractivity contribution in [2.75, 3.05) is 26.8 Å². The zero-order valence-electron chi connectivity index (χ0n) is 16.8. The standard InChI is InChI=1S/C22H26Cl2N2O2/c1-5-26(4)14-25-21-9-15(2)19(8-16(21)3)22(12-27-13-22)28-11-17-10-18(23)6-7-20(17)24/h6-10,14H,5,11-13H2,1-4H3. The molecule has 0 saturated carbocycles. The molecule has 0 spiro atoms. The van der Waals surface area contributed by atoms with Crippen LogP contribution < -0.4 is 0 Å². The van der Waals surface area contributed by atoms with E-state index in [9.17, 15) is 0 Å². The lowest BCUT2D eigenvalue weighted by Crippen LogP contribution is -2.49. The second-order valence-corrected chi connectivity index (χ2v) is 8.13. The third kappa shape index (κ3) is 4.52. The van der Waals surface area contributed by atoms with Crippen LogP contribution in [0.2, 0.25) is 10.0 Å². The maximum absolute atomic E-state index is 6.35. The quantitative estimate of drug-likeness (QED) is 0.427. The molecule has 1 fully saturated rings. The molecule has 4 nitrogen and oxygen atoms in total. The molecule has 1 heterocycles. The Balaban J connectivity index is 1.84. The number of aryl methyl sites for hydroxylation is 2. The number of nitrogens with zero attached hydrogens (tertiary/aromatic N) is 2. The Kier molecular flexibility index (Phi) is 6.66. The first-order chi connectivity index (χ1) is 13.3. The molecule has 0 unspecified atom stereocenters. The van der Waals surface area contributed by atoms with Crippen molar-refractivity contribution in [2.45, 2.75) is 33.0 Å². The van der Waals surface area contributed by atoms with E-state index >= 15 is 0 Å². The van der Waals surface area contributed by atoms with Gasteiger partial charge < -0.3 is 14.4 Å². The number of hydrogen-bond donors (Lipinski definition) is 0. The Hall–Kier alpha value is -1.59. The summed E-state index contributed by atoms with van der Waals surface area (Å²) in [4.78, 5) is 6.66. The first-order valence-corrected chi connectivity index (χ1v) is 10.1. The molecule has 0 N–H and O–H groups in total. The predicted molar refractivity (Wildman–Crippen MR) is 116 cm³/mol. The molecule has 0 radical (unpaired) electrons. The summed E-state index contributed by atoms with van der Waals surface area (Å²) in [6.45, 7) is 8.59. The van der Waals surface area contributed by atoms with Gasteiger partial charge in [0.25, 0.3) is 0 Å². The maximum atomic E-state index is 6.35. The largest absolute Gasteiger partial charge is 0.375 e. The van der Waals surface area contributed by atoms with Crippen LogP contribution in [0, 0.1) is 13.8 Å². The molecular weight excluding hydrogens is 395 g/mol. The van der Waals surface area contributed by atoms with Crippen LogP contribution in [0.4, 0.5) is 5.69 Å². The summed E-state index contributed by atoms with van der Waals surface area (Å²) in [5.41, 5.74) is 4.75. The monoisotopic (exact) mass is 420 g/mol. The fraction of sp³-hybridized carbons (Fsp3) is 0.409. The van der Waals surface area contributed by atoms with Crippen LogP contribution in [0.3, 0.4) is 0 Å². The molecule has 2 aromatic rings. The van der Waals surface area contributed by atoms with Crippen LogP contribution in [-0.2, 0) is 21.7 Å². The molecule has 0 bridgehead atoms. The Morgan fingerprint density at radius 3 is 2.57 bits per heavy atom. The molecule has 150 valence electrons. The third-order valence-corrected chi connectivity index (χ3v) is 5.71. The smallest absolute Gasteiger partial charge is 0.140 e. The highest BCUT2D eigenvalue weighted by atomic mass is 35.5. The van der Waals surface area contributed by atoms with Gasteiger partial charge in [0.1, 0.15) is 5.60 Å². The molecule has 1 saturated heterocycles. The summed E-state index contributed by atoms with van der Waals surface area (Å²) in [5, 5.41) is 1.30. The first-order valence-electron chi connectivity index (χ1n) is 9.36. The zero-order valence-corrected chi connectivity index (χ0v) is 18.3. The van der Waals surface area contributed by atoms with Crippen LogP contribution in [0.5, 0.6) is 0 Å². The van der Waals surface area contributed by atoms with Crippen LogP contribution >= 0.6 is 23.2 Å². The lowest BCUT2D eigenvalue weighted by molar-refractivity contribution is -0.223. The van der Waals surface area contributed by atoms with Gasteiger partial charge in [-0.25, -0.2) is 4.99 Å². The van der Waals surface area contributed by atoms with E-state index in [1.54, 1.807) is 12.1 Å². The Morgan fingerprint density at radius 1 is 1.18 bits per heavy atom. The second-order valence-electron chi connectivity index (χ2n) is 7.28. The van der Waals surface area contributed by atoms with Gasteiger partial charge in [0.05, 0.1) is 31.8 Å². The second kappa shape index (κ2) is 8.83. The topological polar surface area (TPSA) is 34.1 Å². The summed E-state index contributed by atoms with van der Waals surface area (Å²) in [6, 6.07) is 9.69. The van der Waals surface area contributed by atoms with Gasteiger partial charge in [-0.2, -0.15) is 0 Å². The van der Waals surface area contributed by atoms with Crippen molar-refractivity contribution in [3.8, 4) is 0 Å². The molecule has 0 amide bonds. The lowest BCUT2D eigenvalue weighted by atomic mass is 9.86. The molecule has 0 aliphatic carbocycles. The predicted octanol–water partition coefficient (Wildman–Crippen LogP) is 5.66. The van der Waals surface area contributed by atoms with Crippen LogP contribution in [0.15, 0.2) is 35.3 Å². The molecule has 1 aliphatic heterocycles. The van der Waals surface area contributed by atoms with Crippen molar-refractivity contribution in [1.29, 1.82) is 0 Å². The molecule has 6 heteroatoms. The van der Waals surface area contributed by atoms with Crippen molar-refractivity contribution in [3.63, 3.8) is 0 Å². The first kappa shape index (κ1) is 21.1. The normalized spacial score (nSPS) is 15.6. The highest BCUT2D eigenvalue weighted by molar-refractivity contribution is 6.33. The fourth-order valence-electron chi connectivity index (χ4n) is 3.15. The molecule has 28 heavy (non-hydrogen) atoms. The van der Waals surface area contributed by atoms with Gasteiger partial charge >= 0.3 is 0 Å². The minimum Gasteiger partial charge on any atom is -0.375 e. The van der Waals surface area contributed by atoms with Crippen LogP contribution in [0.1, 0.15) is 29.2 Å². The summed E-state index contributed by atoms with van der Waals surface area (Å²) in [6.07, 6.45) is 1.86. The Morgan fingerprint density at radius 2 is 1.93 bits per heavy atom. The molecule has 1 aliphatic rings. The highest BCUT2D eigenvalue weighted by Crippen LogP contribution is 2.39. The van der Waals surface area contributed by atoms with Gasteiger partial charge in [-0.05, 0) is 67.3 Å². The van der Waals surface area contributed by atoms with E-state index in [1.165, 1.54) is 0 Å². The molecule has 0 atom stereocenters. The Bertz CT molecular complexity index is 879. The van der Waals surface area contributed by atoms with Gasteiger partial charge in [0.2, 0.25) is 0 Å². The molecule has 0 aromatic heterocycles. The van der Waals surface area contributed by atoms with E-state index in [4.69, 9.17) is 32.7 Å². The van der Waals surface area contributed by atoms with Gasteiger partial charge in [0.15, 0.2) is 0 Å². The highest BCUT2D eigenvalue weighted by Gasteiger charge is 2.43. The minimum atomic E-state index is -0.469. The third-order valence-electron chi connectivity index (χ3n) is 5.11. The van der Waals surface area contributed by atoms with Crippen molar-refractivity contribution in [2.24, 2.45) is 4.99 Å². The molecule has 2 aromatic carbocycles. The minimum absolute atomic E-state index is 0.377. The maximum Gasteiger partial charge on any atom is 0.140 e. The molecular formula is C22H26Cl2N2O2. The van der Waals surface area contributed by atoms with Crippen molar-refractivity contribution in [1.82, 2.24) is 4.90 Å². The van der Waals surface area contributed by atoms with E-state index in [0.717, 1.165) is 34.5 Å². The summed E-state index contributed by atoms with van der Waals surface area (Å²) >= 11 is 12.4. The summed E-state index contributed by atoms with van der Waals surface area (Å²) in [7, 11) is 2.01. The SMILES string of the molecule is CCN(C)C=Nc1cc(C)c(C2(OCc3cc(Cl)ccc3Cl)COC2)cc1C. The van der Waals surface area contributed by atoms with Crippen molar-refractivity contribution in [3.05, 3.63) is 62.6 Å². The fourth-order valence-corrected chi connectivity index (χ4v) is 3.51. The van der Waals surface area contributed by atoms with Gasteiger partial charge in [0, 0.05) is 23.6 Å². The Labute approximate surface area is 177 Å². The molecule has 3 rings (SSSR count). The van der Waals surface area contributed by atoms with Crippen LogP contribution in [-0.4, -0.2) is 38.0 Å². The van der Waals surface area contributed by atoms with E-state index in [2.05, 4.69) is 37.9 Å². The van der Waals surface area contributed by atoms with E-state index in [-0.39, 0.29) is 0 Å². The van der Waals surface area contributed by atoms with E-state index in [1.807, 2.05) is 24.4 Å². The van der Waals surface area contributed by atoms with E-state index in [0.29, 0.717) is 29.9 Å². The van der Waals surface area contributed by atoms with Gasteiger partial charge in [-0.1, -0.05) is 29.3 Å². The van der Waals surface area contributed by atoms with Crippen molar-refractivity contribution >= 4 is 35.2 Å². The number of halogens is 2. The number of ether oxygens (including phenoxy) is 2. The van der Waals surface area contributed by atoms with Gasteiger partial charge in [-0.3, -0.25) is 0 Å². The number of rotatable bonds is 7. The van der Waals surface area contributed by atoms with Crippen LogP contribution in [0.25, 0.3) is 0 Å². The van der Waals surface area contributed by atoms with Gasteiger partial charge in [-0.15, -0.1) is 0 Å². The lowest BCUT2D eigenvalue weighted by Gasteiger charge is -2.42. The average molecular weight is 421 g/mol. The van der Waals surface area contributed by atoms with Crippen molar-refractivity contribution < 1.29 is 9.47 Å². The summed E-state index contributed by atoms with van der Waals surface area (Å²) < 4.78 is 11.9. The van der Waals surface area contributed by atoms with E-state index < -0.39 is 5.60 Å². The summed E-state index contributed by atoms with van der Waals surface area (Å²) in [5.74, 6) is 0. The number of hydrogen-bond acceptors (Lipinski definition) is 3.